The molecule has 3 amide bonds. The zero-order valence-electron chi connectivity index (χ0n) is 13.4. The van der Waals surface area contributed by atoms with Gasteiger partial charge in [0.15, 0.2) is 6.61 Å². The van der Waals surface area contributed by atoms with Gasteiger partial charge in [-0.2, -0.15) is 0 Å². The minimum absolute atomic E-state index is 0.0534. The second kappa shape index (κ2) is 7.27. The summed E-state index contributed by atoms with van der Waals surface area (Å²) in [4.78, 5) is 25.5. The Morgan fingerprint density at radius 2 is 2.33 bits per heavy atom. The summed E-state index contributed by atoms with van der Waals surface area (Å²) in [7, 11) is 0. The van der Waals surface area contributed by atoms with Gasteiger partial charge in [0.1, 0.15) is 5.75 Å². The second-order valence-corrected chi connectivity index (χ2v) is 6.18. The molecule has 2 N–H and O–H groups in total. The lowest BCUT2D eigenvalue weighted by Crippen LogP contribution is -2.40. The maximum atomic E-state index is 12.5. The Hall–Kier alpha value is -1.99. The quantitative estimate of drug-likeness (QED) is 0.872. The lowest BCUT2D eigenvalue weighted by Gasteiger charge is -2.25. The van der Waals surface area contributed by atoms with Gasteiger partial charge < -0.3 is 25.0 Å². The summed E-state index contributed by atoms with van der Waals surface area (Å²) >= 11 is 6.21. The normalized spacial score (nSPS) is 19.2. The number of hydrogen-bond acceptors (Lipinski definition) is 4. The van der Waals surface area contributed by atoms with Crippen LogP contribution in [0, 0.1) is 0 Å². The number of amides is 3. The van der Waals surface area contributed by atoms with Crippen molar-refractivity contribution in [2.45, 2.75) is 25.9 Å². The highest BCUT2D eigenvalue weighted by Gasteiger charge is 2.23. The molecule has 1 aromatic rings. The molecule has 24 heavy (non-hydrogen) atoms. The molecule has 7 nitrogen and oxygen atoms in total. The Kier molecular flexibility index (Phi) is 5.11. The van der Waals surface area contributed by atoms with E-state index in [2.05, 4.69) is 10.6 Å². The third-order valence-corrected chi connectivity index (χ3v) is 4.37. The van der Waals surface area contributed by atoms with Crippen LogP contribution in [0.2, 0.25) is 5.02 Å². The van der Waals surface area contributed by atoms with Crippen molar-refractivity contribution in [3.8, 4) is 5.75 Å². The average Bonchev–Trinajstić information content (AvgIpc) is 3.06. The summed E-state index contributed by atoms with van der Waals surface area (Å²) in [5.41, 5.74) is 0.948. The van der Waals surface area contributed by atoms with Crippen LogP contribution in [0.4, 0.5) is 16.2 Å². The van der Waals surface area contributed by atoms with E-state index >= 15 is 0 Å². The smallest absolute Gasteiger partial charge is 0.321 e. The van der Waals surface area contributed by atoms with Crippen molar-refractivity contribution >= 4 is 34.9 Å². The van der Waals surface area contributed by atoms with E-state index in [0.29, 0.717) is 35.2 Å². The van der Waals surface area contributed by atoms with Crippen LogP contribution in [0.25, 0.3) is 0 Å². The predicted octanol–water partition coefficient (Wildman–Crippen LogP) is 2.70. The molecule has 0 radical (unpaired) electrons. The fourth-order valence-corrected chi connectivity index (χ4v) is 2.99. The van der Waals surface area contributed by atoms with Crippen molar-refractivity contribution in [1.29, 1.82) is 0 Å². The number of benzene rings is 1. The lowest BCUT2D eigenvalue weighted by atomic mass is 10.2. The molecule has 1 aromatic carbocycles. The molecular formula is C16H20ClN3O4. The molecule has 1 saturated heterocycles. The van der Waals surface area contributed by atoms with Gasteiger partial charge in [0.2, 0.25) is 0 Å². The molecule has 2 aliphatic rings. The van der Waals surface area contributed by atoms with Crippen molar-refractivity contribution in [2.75, 3.05) is 36.9 Å². The Balaban J connectivity index is 1.69. The van der Waals surface area contributed by atoms with E-state index in [9.17, 15) is 9.59 Å². The van der Waals surface area contributed by atoms with Gasteiger partial charge in [-0.15, -0.1) is 0 Å². The molecule has 2 aliphatic heterocycles. The molecule has 0 spiro atoms. The molecule has 0 saturated carbocycles. The van der Waals surface area contributed by atoms with Gasteiger partial charge in [-0.05, 0) is 25.8 Å². The number of likely N-dealkylation sites (N-methyl/N-ethyl adjacent to an activating group) is 1. The Morgan fingerprint density at radius 3 is 3.04 bits per heavy atom. The first-order valence-electron chi connectivity index (χ1n) is 8.00. The standard InChI is InChI=1S/C16H20ClN3O4/c1-2-20(8-10-4-3-5-23-10)16(22)19-12-7-14-13(6-11(12)17)18-15(21)9-24-14/h6-7,10H,2-5,8-9H2,1H3,(H,18,21)(H,19,22)/t10-/m1/s1. The third-order valence-electron chi connectivity index (χ3n) is 4.06. The topological polar surface area (TPSA) is 79.9 Å². The number of carbonyl (C=O) groups is 2. The summed E-state index contributed by atoms with van der Waals surface area (Å²) in [6.07, 6.45) is 2.09. The molecule has 1 atom stereocenters. The summed E-state index contributed by atoms with van der Waals surface area (Å²) in [5.74, 6) is 0.251. The van der Waals surface area contributed by atoms with Crippen LogP contribution in [-0.4, -0.2) is 49.2 Å². The highest BCUT2D eigenvalue weighted by Crippen LogP contribution is 2.36. The molecule has 2 heterocycles. The van der Waals surface area contributed by atoms with Crippen LogP contribution in [0.5, 0.6) is 5.75 Å². The van der Waals surface area contributed by atoms with Crippen molar-refractivity contribution in [3.05, 3.63) is 17.2 Å². The Bertz CT molecular complexity index is 646. The van der Waals surface area contributed by atoms with E-state index in [4.69, 9.17) is 21.1 Å². The first kappa shape index (κ1) is 16.9. The number of fused-ring (bicyclic) bond motifs is 1. The van der Waals surface area contributed by atoms with Gasteiger partial charge >= 0.3 is 6.03 Å². The van der Waals surface area contributed by atoms with E-state index in [-0.39, 0.29) is 24.6 Å². The largest absolute Gasteiger partial charge is 0.482 e. The first-order valence-corrected chi connectivity index (χ1v) is 8.38. The Labute approximate surface area is 145 Å². The first-order chi connectivity index (χ1) is 11.6. The van der Waals surface area contributed by atoms with Crippen molar-refractivity contribution in [2.24, 2.45) is 0 Å². The highest BCUT2D eigenvalue weighted by atomic mass is 35.5. The molecule has 3 rings (SSSR count). The molecule has 0 aliphatic carbocycles. The van der Waals surface area contributed by atoms with Gasteiger partial charge in [-0.3, -0.25) is 4.79 Å². The molecule has 1 fully saturated rings. The monoisotopic (exact) mass is 353 g/mol. The maximum Gasteiger partial charge on any atom is 0.321 e. The number of ether oxygens (including phenoxy) is 2. The fourth-order valence-electron chi connectivity index (χ4n) is 2.78. The molecular weight excluding hydrogens is 334 g/mol. The van der Waals surface area contributed by atoms with Crippen molar-refractivity contribution < 1.29 is 19.1 Å². The number of hydrogen-bond donors (Lipinski definition) is 2. The van der Waals surface area contributed by atoms with Crippen LogP contribution in [0.3, 0.4) is 0 Å². The van der Waals surface area contributed by atoms with Gasteiger partial charge in [0.25, 0.3) is 5.91 Å². The van der Waals surface area contributed by atoms with Crippen LogP contribution in [0.15, 0.2) is 12.1 Å². The number of rotatable bonds is 4. The number of urea groups is 1. The second-order valence-electron chi connectivity index (χ2n) is 5.77. The van der Waals surface area contributed by atoms with E-state index in [1.807, 2.05) is 6.92 Å². The molecule has 0 unspecified atom stereocenters. The molecule has 130 valence electrons. The van der Waals surface area contributed by atoms with Crippen molar-refractivity contribution in [3.63, 3.8) is 0 Å². The van der Waals surface area contributed by atoms with Gasteiger partial charge in [0, 0.05) is 25.8 Å². The lowest BCUT2D eigenvalue weighted by molar-refractivity contribution is -0.118. The minimum Gasteiger partial charge on any atom is -0.482 e. The zero-order valence-corrected chi connectivity index (χ0v) is 14.2. The number of nitrogens with zero attached hydrogens (tertiary/aromatic N) is 1. The number of halogens is 1. The number of anilines is 2. The van der Waals surface area contributed by atoms with Gasteiger partial charge in [0.05, 0.1) is 22.5 Å². The van der Waals surface area contributed by atoms with Crippen LogP contribution >= 0.6 is 11.6 Å². The van der Waals surface area contributed by atoms with E-state index < -0.39 is 0 Å². The van der Waals surface area contributed by atoms with Crippen LogP contribution in [0.1, 0.15) is 19.8 Å². The molecule has 0 bridgehead atoms. The Morgan fingerprint density at radius 1 is 1.50 bits per heavy atom. The van der Waals surface area contributed by atoms with E-state index in [0.717, 1.165) is 19.4 Å². The SMILES string of the molecule is CCN(C[C@H]1CCCO1)C(=O)Nc1cc2c(cc1Cl)NC(=O)CO2. The van der Waals surface area contributed by atoms with E-state index in [1.54, 1.807) is 17.0 Å². The van der Waals surface area contributed by atoms with Crippen molar-refractivity contribution in [1.82, 2.24) is 4.90 Å². The number of carbonyl (C=O) groups excluding carboxylic acids is 2. The fraction of sp³-hybridized carbons (Fsp3) is 0.500. The summed E-state index contributed by atoms with van der Waals surface area (Å²) in [6.45, 7) is 3.74. The van der Waals surface area contributed by atoms with Crippen LogP contribution < -0.4 is 15.4 Å². The van der Waals surface area contributed by atoms with Crippen LogP contribution in [-0.2, 0) is 9.53 Å². The predicted molar refractivity (Wildman–Crippen MR) is 90.8 cm³/mol. The zero-order chi connectivity index (χ0) is 17.1. The van der Waals surface area contributed by atoms with Gasteiger partial charge in [-0.1, -0.05) is 11.6 Å². The molecule has 8 heteroatoms. The van der Waals surface area contributed by atoms with Gasteiger partial charge in [-0.25, -0.2) is 4.79 Å². The molecule has 0 aromatic heterocycles. The summed E-state index contributed by atoms with van der Waals surface area (Å²) < 4.78 is 10.9. The number of nitrogens with one attached hydrogen (secondary N) is 2. The summed E-state index contributed by atoms with van der Waals surface area (Å²) in [6, 6.07) is 2.95. The highest BCUT2D eigenvalue weighted by molar-refractivity contribution is 6.34. The maximum absolute atomic E-state index is 12.5. The third kappa shape index (κ3) is 3.73. The van der Waals surface area contributed by atoms with E-state index in [1.165, 1.54) is 0 Å². The average molecular weight is 354 g/mol. The minimum atomic E-state index is -0.241. The summed E-state index contributed by atoms with van der Waals surface area (Å²) in [5, 5.41) is 5.81.